The van der Waals surface area contributed by atoms with Crippen LogP contribution in [0.2, 0.25) is 10.0 Å². The number of amides is 1. The Kier molecular flexibility index (Phi) is 7.00. The smallest absolute Gasteiger partial charge is 0.331 e. The van der Waals surface area contributed by atoms with Crippen molar-refractivity contribution in [1.29, 1.82) is 0 Å². The van der Waals surface area contributed by atoms with E-state index in [0.717, 1.165) is 6.08 Å². The Labute approximate surface area is 159 Å². The summed E-state index contributed by atoms with van der Waals surface area (Å²) in [6.07, 6.45) is 2.16. The van der Waals surface area contributed by atoms with E-state index in [0.29, 0.717) is 16.5 Å². The van der Waals surface area contributed by atoms with Gasteiger partial charge in [-0.15, -0.1) is 0 Å². The molecular weight excluding hydrogens is 384 g/mol. The minimum absolute atomic E-state index is 0.0548. The Morgan fingerprint density at radius 3 is 2.69 bits per heavy atom. The number of benzene rings is 2. The van der Waals surface area contributed by atoms with Gasteiger partial charge in [0.2, 0.25) is 0 Å². The van der Waals surface area contributed by atoms with Crippen molar-refractivity contribution in [2.24, 2.45) is 0 Å². The standard InChI is InChI=1S/C18H14Cl2FNO4/c1-25-16-7-5-11(19)9-15(16)22-17(23)10-26-18(24)8-6-12-13(20)3-2-4-14(12)21/h2-9H,10H2,1H3,(H,22,23)/b8-6+. The van der Waals surface area contributed by atoms with E-state index in [4.69, 9.17) is 32.7 Å². The second-order valence-electron chi connectivity index (χ2n) is 4.97. The fourth-order valence-electron chi connectivity index (χ4n) is 1.97. The third-order valence-electron chi connectivity index (χ3n) is 3.17. The lowest BCUT2D eigenvalue weighted by Crippen LogP contribution is -2.20. The molecule has 0 aliphatic heterocycles. The van der Waals surface area contributed by atoms with Crippen LogP contribution in [0.15, 0.2) is 42.5 Å². The minimum atomic E-state index is -0.822. The Morgan fingerprint density at radius 1 is 1.23 bits per heavy atom. The number of carbonyl (C=O) groups excluding carboxylic acids is 2. The van der Waals surface area contributed by atoms with Crippen molar-refractivity contribution < 1.29 is 23.5 Å². The van der Waals surface area contributed by atoms with E-state index in [2.05, 4.69) is 5.32 Å². The third-order valence-corrected chi connectivity index (χ3v) is 3.73. The normalized spacial score (nSPS) is 10.6. The van der Waals surface area contributed by atoms with Gasteiger partial charge in [0.05, 0.1) is 17.8 Å². The molecule has 2 aromatic rings. The highest BCUT2D eigenvalue weighted by atomic mass is 35.5. The van der Waals surface area contributed by atoms with Crippen molar-refractivity contribution in [3.63, 3.8) is 0 Å². The number of anilines is 1. The molecule has 0 bridgehead atoms. The van der Waals surface area contributed by atoms with Crippen molar-refractivity contribution in [3.05, 3.63) is 63.9 Å². The molecule has 0 aromatic heterocycles. The first kappa shape index (κ1) is 19.8. The van der Waals surface area contributed by atoms with Crippen LogP contribution < -0.4 is 10.1 Å². The molecule has 1 amide bonds. The summed E-state index contributed by atoms with van der Waals surface area (Å²) in [4.78, 5) is 23.6. The second-order valence-corrected chi connectivity index (χ2v) is 5.81. The van der Waals surface area contributed by atoms with Gasteiger partial charge in [0.25, 0.3) is 5.91 Å². The van der Waals surface area contributed by atoms with E-state index in [1.807, 2.05) is 0 Å². The van der Waals surface area contributed by atoms with Crippen LogP contribution in [0.25, 0.3) is 6.08 Å². The summed E-state index contributed by atoms with van der Waals surface area (Å²) in [5.41, 5.74) is 0.397. The first-order valence-corrected chi connectivity index (χ1v) is 8.08. The maximum atomic E-state index is 13.6. The molecule has 2 aromatic carbocycles. The summed E-state index contributed by atoms with van der Waals surface area (Å²) in [5, 5.41) is 3.08. The van der Waals surface area contributed by atoms with Crippen molar-refractivity contribution >= 4 is 46.8 Å². The molecule has 26 heavy (non-hydrogen) atoms. The monoisotopic (exact) mass is 397 g/mol. The summed E-state index contributed by atoms with van der Waals surface area (Å²) >= 11 is 11.7. The highest BCUT2D eigenvalue weighted by Crippen LogP contribution is 2.27. The van der Waals surface area contributed by atoms with Gasteiger partial charge in [0.15, 0.2) is 6.61 Å². The van der Waals surface area contributed by atoms with Gasteiger partial charge in [-0.25, -0.2) is 9.18 Å². The number of rotatable bonds is 6. The molecule has 2 rings (SSSR count). The van der Waals surface area contributed by atoms with E-state index in [1.165, 1.54) is 37.5 Å². The molecule has 5 nitrogen and oxygen atoms in total. The van der Waals surface area contributed by atoms with Crippen LogP contribution >= 0.6 is 23.2 Å². The lowest BCUT2D eigenvalue weighted by atomic mass is 10.2. The fraction of sp³-hybridized carbons (Fsp3) is 0.111. The molecule has 0 aliphatic carbocycles. The molecule has 136 valence electrons. The van der Waals surface area contributed by atoms with Crippen molar-refractivity contribution in [1.82, 2.24) is 0 Å². The molecule has 0 fully saturated rings. The zero-order chi connectivity index (χ0) is 19.1. The van der Waals surface area contributed by atoms with Crippen LogP contribution in [0.3, 0.4) is 0 Å². The largest absolute Gasteiger partial charge is 0.495 e. The van der Waals surface area contributed by atoms with Crippen molar-refractivity contribution in [2.75, 3.05) is 19.0 Å². The van der Waals surface area contributed by atoms with E-state index < -0.39 is 24.3 Å². The highest BCUT2D eigenvalue weighted by Gasteiger charge is 2.10. The maximum Gasteiger partial charge on any atom is 0.331 e. The van der Waals surface area contributed by atoms with Crippen LogP contribution in [0.5, 0.6) is 5.75 Å². The van der Waals surface area contributed by atoms with Gasteiger partial charge < -0.3 is 14.8 Å². The number of esters is 1. The fourth-order valence-corrected chi connectivity index (χ4v) is 2.37. The predicted molar refractivity (Wildman–Crippen MR) is 98.0 cm³/mol. The quantitative estimate of drug-likeness (QED) is 0.581. The number of nitrogens with one attached hydrogen (secondary N) is 1. The van der Waals surface area contributed by atoms with Crippen LogP contribution in [0.1, 0.15) is 5.56 Å². The van der Waals surface area contributed by atoms with Crippen LogP contribution in [0.4, 0.5) is 10.1 Å². The van der Waals surface area contributed by atoms with Gasteiger partial charge in [-0.3, -0.25) is 4.79 Å². The number of methoxy groups -OCH3 is 1. The maximum absolute atomic E-state index is 13.6. The van der Waals surface area contributed by atoms with E-state index in [9.17, 15) is 14.0 Å². The summed E-state index contributed by atoms with van der Waals surface area (Å²) in [5.74, 6) is -1.58. The molecule has 0 spiro atoms. The van der Waals surface area contributed by atoms with Crippen LogP contribution in [-0.4, -0.2) is 25.6 Å². The van der Waals surface area contributed by atoms with Gasteiger partial charge in [-0.2, -0.15) is 0 Å². The number of ether oxygens (including phenoxy) is 2. The van der Waals surface area contributed by atoms with Crippen molar-refractivity contribution in [3.8, 4) is 5.75 Å². The Balaban J connectivity index is 1.92. The molecule has 0 radical (unpaired) electrons. The van der Waals surface area contributed by atoms with Gasteiger partial charge in [-0.1, -0.05) is 29.3 Å². The lowest BCUT2D eigenvalue weighted by Gasteiger charge is -2.10. The molecule has 0 atom stereocenters. The molecule has 0 unspecified atom stereocenters. The van der Waals surface area contributed by atoms with Gasteiger partial charge in [0.1, 0.15) is 11.6 Å². The molecule has 8 heteroatoms. The predicted octanol–water partition coefficient (Wildman–Crippen LogP) is 4.34. The molecule has 0 heterocycles. The van der Waals surface area contributed by atoms with Gasteiger partial charge in [0, 0.05) is 16.7 Å². The summed E-state index contributed by atoms with van der Waals surface area (Å²) in [7, 11) is 1.44. The molecule has 0 aliphatic rings. The van der Waals surface area contributed by atoms with Gasteiger partial charge >= 0.3 is 5.97 Å². The first-order valence-electron chi connectivity index (χ1n) is 7.33. The zero-order valence-corrected chi connectivity index (χ0v) is 15.1. The zero-order valence-electron chi connectivity index (χ0n) is 13.6. The Morgan fingerprint density at radius 2 is 2.00 bits per heavy atom. The molecule has 0 saturated carbocycles. The third kappa shape index (κ3) is 5.47. The topological polar surface area (TPSA) is 64.6 Å². The molecular formula is C18H14Cl2FNO4. The average Bonchev–Trinajstić information content (AvgIpc) is 2.60. The highest BCUT2D eigenvalue weighted by molar-refractivity contribution is 6.32. The van der Waals surface area contributed by atoms with Crippen LogP contribution in [0, 0.1) is 5.82 Å². The first-order chi connectivity index (χ1) is 12.4. The van der Waals surface area contributed by atoms with E-state index >= 15 is 0 Å². The Hall–Kier alpha value is -2.57. The lowest BCUT2D eigenvalue weighted by molar-refractivity contribution is -0.142. The summed E-state index contributed by atoms with van der Waals surface area (Å²) < 4.78 is 23.5. The molecule has 0 saturated heterocycles. The number of hydrogen-bond donors (Lipinski definition) is 1. The van der Waals surface area contributed by atoms with Crippen LogP contribution in [-0.2, 0) is 14.3 Å². The number of hydrogen-bond acceptors (Lipinski definition) is 4. The van der Waals surface area contributed by atoms with Gasteiger partial charge in [-0.05, 0) is 36.4 Å². The van der Waals surface area contributed by atoms with Crippen molar-refractivity contribution in [2.45, 2.75) is 0 Å². The Bertz CT molecular complexity index is 835. The second kappa shape index (κ2) is 9.22. The number of carbonyl (C=O) groups is 2. The minimum Gasteiger partial charge on any atom is -0.495 e. The number of halogens is 3. The average molecular weight is 398 g/mol. The summed E-state index contributed by atoms with van der Waals surface area (Å²) in [6, 6.07) is 8.84. The molecule has 1 N–H and O–H groups in total. The summed E-state index contributed by atoms with van der Waals surface area (Å²) in [6.45, 7) is -0.538. The van der Waals surface area contributed by atoms with E-state index in [1.54, 1.807) is 12.1 Å². The van der Waals surface area contributed by atoms with E-state index in [-0.39, 0.29) is 10.6 Å². The SMILES string of the molecule is COc1ccc(Cl)cc1NC(=O)COC(=O)/C=C/c1c(F)cccc1Cl.